The summed E-state index contributed by atoms with van der Waals surface area (Å²) in [6.07, 6.45) is 0. The van der Waals surface area contributed by atoms with E-state index in [0.29, 0.717) is 6.61 Å². The highest BCUT2D eigenvalue weighted by molar-refractivity contribution is 6.17. The molecule has 1 aromatic carbocycles. The maximum absolute atomic E-state index is 5.02. The zero-order valence-corrected chi connectivity index (χ0v) is 6.49. The van der Waals surface area contributed by atoms with E-state index in [2.05, 4.69) is 4.65 Å². The van der Waals surface area contributed by atoms with E-state index in [1.165, 1.54) is 7.69 Å². The molecule has 0 aliphatic rings. The van der Waals surface area contributed by atoms with Crippen LogP contribution in [0.3, 0.4) is 0 Å². The molecule has 0 unspecified atom stereocenters. The lowest BCUT2D eigenvalue weighted by Gasteiger charge is -1.99. The molecule has 11 heavy (non-hydrogen) atoms. The molecule has 0 atom stereocenters. The third-order valence-electron chi connectivity index (χ3n) is 1.26. The van der Waals surface area contributed by atoms with E-state index >= 15 is 0 Å². The van der Waals surface area contributed by atoms with Gasteiger partial charge in [0.1, 0.15) is 0 Å². The molecule has 0 heterocycles. The summed E-state index contributed by atoms with van der Waals surface area (Å²) in [5.74, 6) is 0. The monoisotopic (exact) mass is 149 g/mol. The van der Waals surface area contributed by atoms with Crippen LogP contribution in [-0.4, -0.2) is 14.8 Å². The lowest BCUT2D eigenvalue weighted by molar-refractivity contribution is 0.246. The molecule has 0 amide bonds. The van der Waals surface area contributed by atoms with Gasteiger partial charge in [-0.3, -0.25) is 0 Å². The summed E-state index contributed by atoms with van der Waals surface area (Å²) in [6.45, 7) is 0.564. The highest BCUT2D eigenvalue weighted by atomic mass is 16.6. The smallest absolute Gasteiger partial charge is 0.416 e. The SMILES string of the molecule is CO[B]OCc1ccccc1. The van der Waals surface area contributed by atoms with Crippen molar-refractivity contribution in [2.75, 3.05) is 7.11 Å². The maximum Gasteiger partial charge on any atom is 0.488 e. The summed E-state index contributed by atoms with van der Waals surface area (Å²) >= 11 is 0. The highest BCUT2D eigenvalue weighted by Crippen LogP contribution is 1.99. The predicted molar refractivity (Wildman–Crippen MR) is 44.0 cm³/mol. The second kappa shape index (κ2) is 4.94. The normalized spacial score (nSPS) is 9.55. The molecule has 0 bridgehead atoms. The Balaban J connectivity index is 2.28. The Morgan fingerprint density at radius 2 is 2.00 bits per heavy atom. The van der Waals surface area contributed by atoms with Crippen molar-refractivity contribution in [3.05, 3.63) is 35.9 Å². The largest absolute Gasteiger partial charge is 0.488 e. The van der Waals surface area contributed by atoms with Crippen molar-refractivity contribution >= 4 is 7.69 Å². The first-order valence-electron chi connectivity index (χ1n) is 3.43. The molecule has 0 saturated heterocycles. The fourth-order valence-electron chi connectivity index (χ4n) is 0.773. The number of hydrogen-bond donors (Lipinski definition) is 0. The predicted octanol–water partition coefficient (Wildman–Crippen LogP) is 1.38. The molecule has 0 aliphatic heterocycles. The molecular formula is C8H10BO2. The van der Waals surface area contributed by atoms with E-state index in [1.54, 1.807) is 7.11 Å². The summed E-state index contributed by atoms with van der Waals surface area (Å²) < 4.78 is 9.64. The Morgan fingerprint density at radius 3 is 2.64 bits per heavy atom. The number of rotatable bonds is 4. The van der Waals surface area contributed by atoms with Gasteiger partial charge >= 0.3 is 7.69 Å². The van der Waals surface area contributed by atoms with Gasteiger partial charge in [-0.25, -0.2) is 0 Å². The minimum absolute atomic E-state index is 0.564. The van der Waals surface area contributed by atoms with Crippen LogP contribution < -0.4 is 0 Å². The lowest BCUT2D eigenvalue weighted by atomic mass is 10.2. The first kappa shape index (κ1) is 8.30. The summed E-state index contributed by atoms with van der Waals surface area (Å²) in [6, 6.07) is 9.94. The van der Waals surface area contributed by atoms with Gasteiger partial charge in [-0.05, 0) is 5.56 Å². The van der Waals surface area contributed by atoms with Crippen LogP contribution in [0.2, 0.25) is 0 Å². The fourth-order valence-corrected chi connectivity index (χ4v) is 0.773. The molecule has 57 valence electrons. The summed E-state index contributed by atoms with van der Waals surface area (Å²) in [7, 11) is 2.89. The van der Waals surface area contributed by atoms with Gasteiger partial charge in [0.05, 0.1) is 6.61 Å². The summed E-state index contributed by atoms with van der Waals surface area (Å²) in [5, 5.41) is 0. The molecule has 1 radical (unpaired) electrons. The Labute approximate surface area is 67.4 Å². The van der Waals surface area contributed by atoms with Crippen molar-refractivity contribution < 1.29 is 9.31 Å². The molecule has 1 aromatic rings. The van der Waals surface area contributed by atoms with Gasteiger partial charge in [0.25, 0.3) is 0 Å². The molecular weight excluding hydrogens is 139 g/mol. The molecule has 0 aliphatic carbocycles. The van der Waals surface area contributed by atoms with Crippen molar-refractivity contribution in [2.24, 2.45) is 0 Å². The van der Waals surface area contributed by atoms with Crippen LogP contribution in [0.4, 0.5) is 0 Å². The van der Waals surface area contributed by atoms with Crippen LogP contribution in [0.15, 0.2) is 30.3 Å². The molecule has 0 aromatic heterocycles. The Morgan fingerprint density at radius 1 is 1.27 bits per heavy atom. The van der Waals surface area contributed by atoms with Gasteiger partial charge < -0.3 is 9.31 Å². The standard InChI is InChI=1S/C8H10BO2/c1-10-9-11-7-8-5-3-2-4-6-8/h2-6H,7H2,1H3. The Bertz CT molecular complexity index is 189. The topological polar surface area (TPSA) is 18.5 Å². The number of hydrogen-bond acceptors (Lipinski definition) is 2. The Hall–Kier alpha value is -0.795. The minimum Gasteiger partial charge on any atom is -0.416 e. The zero-order valence-electron chi connectivity index (χ0n) is 6.49. The second-order valence-corrected chi connectivity index (χ2v) is 2.13. The van der Waals surface area contributed by atoms with E-state index in [4.69, 9.17) is 4.65 Å². The summed E-state index contributed by atoms with van der Waals surface area (Å²) in [4.78, 5) is 0. The number of benzene rings is 1. The van der Waals surface area contributed by atoms with Gasteiger partial charge in [-0.1, -0.05) is 30.3 Å². The van der Waals surface area contributed by atoms with Crippen LogP contribution in [0.5, 0.6) is 0 Å². The average Bonchev–Trinajstić information content (AvgIpc) is 2.07. The first-order valence-corrected chi connectivity index (χ1v) is 3.43. The third-order valence-corrected chi connectivity index (χ3v) is 1.26. The molecule has 0 spiro atoms. The Kier molecular flexibility index (Phi) is 3.73. The van der Waals surface area contributed by atoms with Gasteiger partial charge in [-0.15, -0.1) is 0 Å². The van der Waals surface area contributed by atoms with Crippen molar-refractivity contribution in [2.45, 2.75) is 6.61 Å². The maximum atomic E-state index is 5.02. The molecule has 3 heteroatoms. The molecule has 0 fully saturated rings. The second-order valence-electron chi connectivity index (χ2n) is 2.13. The van der Waals surface area contributed by atoms with Gasteiger partial charge in [0, 0.05) is 7.11 Å². The van der Waals surface area contributed by atoms with Gasteiger partial charge in [0.15, 0.2) is 0 Å². The molecule has 1 rings (SSSR count). The first-order chi connectivity index (χ1) is 5.43. The summed E-state index contributed by atoms with van der Waals surface area (Å²) in [5.41, 5.74) is 1.14. The van der Waals surface area contributed by atoms with Crippen molar-refractivity contribution in [3.8, 4) is 0 Å². The van der Waals surface area contributed by atoms with Crippen molar-refractivity contribution in [3.63, 3.8) is 0 Å². The quantitative estimate of drug-likeness (QED) is 0.475. The van der Waals surface area contributed by atoms with Crippen LogP contribution in [-0.2, 0) is 15.9 Å². The van der Waals surface area contributed by atoms with Crippen LogP contribution in [0.25, 0.3) is 0 Å². The zero-order chi connectivity index (χ0) is 7.94. The molecule has 0 saturated carbocycles. The van der Waals surface area contributed by atoms with Crippen LogP contribution >= 0.6 is 0 Å². The molecule has 0 N–H and O–H groups in total. The van der Waals surface area contributed by atoms with E-state index in [-0.39, 0.29) is 0 Å². The third kappa shape index (κ3) is 3.21. The average molecular weight is 149 g/mol. The van der Waals surface area contributed by atoms with Crippen molar-refractivity contribution in [1.29, 1.82) is 0 Å². The van der Waals surface area contributed by atoms with E-state index in [1.807, 2.05) is 30.3 Å². The van der Waals surface area contributed by atoms with Crippen LogP contribution in [0, 0.1) is 0 Å². The van der Waals surface area contributed by atoms with Gasteiger partial charge in [0.2, 0.25) is 0 Å². The highest BCUT2D eigenvalue weighted by Gasteiger charge is 1.91. The van der Waals surface area contributed by atoms with Crippen LogP contribution in [0.1, 0.15) is 5.56 Å². The van der Waals surface area contributed by atoms with E-state index in [9.17, 15) is 0 Å². The van der Waals surface area contributed by atoms with Gasteiger partial charge in [-0.2, -0.15) is 0 Å². The lowest BCUT2D eigenvalue weighted by Crippen LogP contribution is -2.00. The van der Waals surface area contributed by atoms with Crippen molar-refractivity contribution in [1.82, 2.24) is 0 Å². The minimum atomic E-state index is 0.564. The van der Waals surface area contributed by atoms with E-state index in [0.717, 1.165) is 5.56 Å². The molecule has 2 nitrogen and oxygen atoms in total. The van der Waals surface area contributed by atoms with E-state index < -0.39 is 0 Å². The fraction of sp³-hybridized carbons (Fsp3) is 0.250.